The third-order valence-electron chi connectivity index (χ3n) is 4.96. The lowest BCUT2D eigenvalue weighted by atomic mass is 9.76. The SMILES string of the molecule is CCOC(=O)C(OC(C)(C)C)c1c(C2=CCC(C)(C)CC2)cccc1C(F)(F)F. The largest absolute Gasteiger partial charge is 0.464 e. The minimum absolute atomic E-state index is 0.0588. The smallest absolute Gasteiger partial charge is 0.416 e. The molecule has 1 atom stereocenters. The molecule has 3 nitrogen and oxygen atoms in total. The Kier molecular flexibility index (Phi) is 6.88. The van der Waals surface area contributed by atoms with Gasteiger partial charge in [0, 0.05) is 5.56 Å². The first-order valence-corrected chi connectivity index (χ1v) is 9.99. The van der Waals surface area contributed by atoms with Crippen molar-refractivity contribution in [2.24, 2.45) is 5.41 Å². The van der Waals surface area contributed by atoms with Gasteiger partial charge in [0.15, 0.2) is 6.10 Å². The number of allylic oxidation sites excluding steroid dienone is 2. The Hall–Kier alpha value is -1.82. The fraction of sp³-hybridized carbons (Fsp3) is 0.609. The third kappa shape index (κ3) is 6.08. The Morgan fingerprint density at radius 2 is 1.86 bits per heavy atom. The molecule has 0 amide bonds. The number of esters is 1. The Morgan fingerprint density at radius 3 is 2.34 bits per heavy atom. The van der Waals surface area contributed by atoms with Gasteiger partial charge in [-0.25, -0.2) is 4.79 Å². The van der Waals surface area contributed by atoms with Crippen LogP contribution in [0.4, 0.5) is 13.2 Å². The van der Waals surface area contributed by atoms with Gasteiger partial charge in [-0.3, -0.25) is 0 Å². The Morgan fingerprint density at radius 1 is 1.21 bits per heavy atom. The Bertz CT molecular complexity index is 771. The second kappa shape index (κ2) is 8.50. The molecule has 162 valence electrons. The van der Waals surface area contributed by atoms with Gasteiger partial charge in [-0.1, -0.05) is 32.1 Å². The van der Waals surface area contributed by atoms with E-state index in [1.165, 1.54) is 6.07 Å². The van der Waals surface area contributed by atoms with Crippen molar-refractivity contribution in [3.63, 3.8) is 0 Å². The van der Waals surface area contributed by atoms with Crippen LogP contribution in [0, 0.1) is 5.41 Å². The van der Waals surface area contributed by atoms with Crippen molar-refractivity contribution in [3.05, 3.63) is 41.0 Å². The van der Waals surface area contributed by atoms with Crippen LogP contribution in [0.1, 0.15) is 83.6 Å². The number of ether oxygens (including phenoxy) is 2. The van der Waals surface area contributed by atoms with Gasteiger partial charge in [0.25, 0.3) is 0 Å². The number of rotatable bonds is 5. The van der Waals surface area contributed by atoms with E-state index in [0.717, 1.165) is 24.5 Å². The van der Waals surface area contributed by atoms with E-state index in [4.69, 9.17) is 9.47 Å². The highest BCUT2D eigenvalue weighted by Crippen LogP contribution is 2.44. The minimum atomic E-state index is -4.62. The molecule has 1 aromatic rings. The third-order valence-corrected chi connectivity index (χ3v) is 4.96. The zero-order valence-electron chi connectivity index (χ0n) is 18.1. The van der Waals surface area contributed by atoms with Crippen molar-refractivity contribution >= 4 is 11.5 Å². The molecule has 1 aliphatic carbocycles. The molecule has 0 aliphatic heterocycles. The van der Waals surface area contributed by atoms with E-state index in [9.17, 15) is 18.0 Å². The van der Waals surface area contributed by atoms with Crippen molar-refractivity contribution < 1.29 is 27.4 Å². The topological polar surface area (TPSA) is 35.5 Å². The number of halogens is 3. The molecule has 2 rings (SSSR count). The molecule has 0 heterocycles. The van der Waals surface area contributed by atoms with Crippen molar-refractivity contribution in [2.45, 2.75) is 78.7 Å². The van der Waals surface area contributed by atoms with E-state index in [0.29, 0.717) is 12.0 Å². The molecule has 6 heteroatoms. The predicted octanol–water partition coefficient (Wildman–Crippen LogP) is 6.72. The summed E-state index contributed by atoms with van der Waals surface area (Å²) in [4.78, 5) is 12.7. The molecule has 1 unspecified atom stereocenters. The zero-order valence-corrected chi connectivity index (χ0v) is 18.1. The molecule has 0 bridgehead atoms. The fourth-order valence-corrected chi connectivity index (χ4v) is 3.49. The highest BCUT2D eigenvalue weighted by Gasteiger charge is 2.41. The van der Waals surface area contributed by atoms with Crippen LogP contribution < -0.4 is 0 Å². The van der Waals surface area contributed by atoms with Gasteiger partial charge in [0.1, 0.15) is 0 Å². The zero-order chi connectivity index (χ0) is 22.0. The van der Waals surface area contributed by atoms with Crippen molar-refractivity contribution in [1.29, 1.82) is 0 Å². The minimum Gasteiger partial charge on any atom is -0.464 e. The van der Waals surface area contributed by atoms with E-state index in [2.05, 4.69) is 13.8 Å². The van der Waals surface area contributed by atoms with Crippen molar-refractivity contribution in [3.8, 4) is 0 Å². The summed E-state index contributed by atoms with van der Waals surface area (Å²) in [5, 5.41) is 0. The van der Waals surface area contributed by atoms with E-state index in [1.54, 1.807) is 33.8 Å². The maximum atomic E-state index is 13.9. The van der Waals surface area contributed by atoms with Crippen LogP contribution in [0.3, 0.4) is 0 Å². The average Bonchev–Trinajstić information content (AvgIpc) is 2.58. The summed E-state index contributed by atoms with van der Waals surface area (Å²) in [5.74, 6) is -0.808. The Labute approximate surface area is 171 Å². The maximum Gasteiger partial charge on any atom is 0.416 e. The number of carbonyl (C=O) groups excluding carboxylic acids is 1. The normalized spacial score (nSPS) is 18.2. The summed E-state index contributed by atoms with van der Waals surface area (Å²) in [7, 11) is 0. The van der Waals surface area contributed by atoms with Gasteiger partial charge in [-0.05, 0) is 69.6 Å². The van der Waals surface area contributed by atoms with Crippen LogP contribution in [0.25, 0.3) is 5.57 Å². The van der Waals surface area contributed by atoms with E-state index in [-0.39, 0.29) is 17.6 Å². The van der Waals surface area contributed by atoms with Gasteiger partial charge in [-0.15, -0.1) is 0 Å². The summed E-state index contributed by atoms with van der Waals surface area (Å²) in [6, 6.07) is 4.04. The van der Waals surface area contributed by atoms with Crippen LogP contribution in [0.15, 0.2) is 24.3 Å². The van der Waals surface area contributed by atoms with Crippen molar-refractivity contribution in [1.82, 2.24) is 0 Å². The van der Waals surface area contributed by atoms with E-state index >= 15 is 0 Å². The molecular weight excluding hydrogens is 381 g/mol. The maximum absolute atomic E-state index is 13.9. The molecule has 0 saturated heterocycles. The molecule has 0 aromatic heterocycles. The summed E-state index contributed by atoms with van der Waals surface area (Å²) in [6.07, 6.45) is -1.82. The average molecular weight is 412 g/mol. The molecule has 29 heavy (non-hydrogen) atoms. The van der Waals surface area contributed by atoms with E-state index in [1.807, 2.05) is 6.08 Å². The number of carbonyl (C=O) groups is 1. The highest BCUT2D eigenvalue weighted by molar-refractivity contribution is 5.82. The van der Waals surface area contributed by atoms with Crippen LogP contribution in [0.2, 0.25) is 0 Å². The number of benzene rings is 1. The molecule has 0 radical (unpaired) electrons. The number of hydrogen-bond donors (Lipinski definition) is 0. The first kappa shape index (κ1) is 23.5. The molecule has 0 N–H and O–H groups in total. The van der Waals surface area contributed by atoms with Crippen molar-refractivity contribution in [2.75, 3.05) is 6.61 Å². The second-order valence-electron chi connectivity index (χ2n) is 9.22. The molecule has 0 fully saturated rings. The first-order valence-electron chi connectivity index (χ1n) is 9.99. The second-order valence-corrected chi connectivity index (χ2v) is 9.22. The highest BCUT2D eigenvalue weighted by atomic mass is 19.4. The van der Waals surface area contributed by atoms with Crippen LogP contribution in [-0.2, 0) is 20.4 Å². The lowest BCUT2D eigenvalue weighted by Gasteiger charge is -2.32. The molecular formula is C23H31F3O3. The fourth-order valence-electron chi connectivity index (χ4n) is 3.49. The summed E-state index contributed by atoms with van der Waals surface area (Å²) >= 11 is 0. The first-order chi connectivity index (χ1) is 13.2. The monoisotopic (exact) mass is 412 g/mol. The summed E-state index contributed by atoms with van der Waals surface area (Å²) < 4.78 is 52.7. The van der Waals surface area contributed by atoms with Gasteiger partial charge in [0.2, 0.25) is 0 Å². The van der Waals surface area contributed by atoms with Crippen LogP contribution in [0.5, 0.6) is 0 Å². The molecule has 0 saturated carbocycles. The van der Waals surface area contributed by atoms with Crippen LogP contribution in [-0.4, -0.2) is 18.2 Å². The van der Waals surface area contributed by atoms with E-state index < -0.39 is 29.4 Å². The summed E-state index contributed by atoms with van der Waals surface area (Å²) in [6.45, 7) is 11.1. The quantitative estimate of drug-likeness (QED) is 0.504. The summed E-state index contributed by atoms with van der Waals surface area (Å²) in [5.41, 5.74) is -0.512. The number of hydrogen-bond acceptors (Lipinski definition) is 3. The van der Waals surface area contributed by atoms with Gasteiger partial charge in [-0.2, -0.15) is 13.2 Å². The van der Waals surface area contributed by atoms with Gasteiger partial charge >= 0.3 is 12.1 Å². The predicted molar refractivity (Wildman–Crippen MR) is 107 cm³/mol. The standard InChI is InChI=1S/C23H31F3O3/c1-7-28-20(27)19(29-21(2,3)4)18-16(9-8-10-17(18)23(24,25)26)15-11-13-22(5,6)14-12-15/h8-11,19H,7,12-14H2,1-6H3. The molecule has 1 aromatic carbocycles. The molecule has 1 aliphatic rings. The van der Waals surface area contributed by atoms with Gasteiger partial charge in [0.05, 0.1) is 17.8 Å². The van der Waals surface area contributed by atoms with Gasteiger partial charge < -0.3 is 9.47 Å². The van der Waals surface area contributed by atoms with Crippen LogP contribution >= 0.6 is 0 Å². The Balaban J connectivity index is 2.70. The number of alkyl halides is 3. The lowest BCUT2D eigenvalue weighted by Crippen LogP contribution is -2.31. The molecule has 0 spiro atoms. The lowest BCUT2D eigenvalue weighted by molar-refractivity contribution is -0.168.